The number of aliphatic hydroxyl groups is 1. The van der Waals surface area contributed by atoms with Crippen LogP contribution in [0.3, 0.4) is 0 Å². The minimum absolute atomic E-state index is 0.0813. The number of ether oxygens (including phenoxy) is 1. The Morgan fingerprint density at radius 3 is 2.28 bits per heavy atom. The molecule has 1 aliphatic heterocycles. The number of likely N-dealkylation sites (tertiary alicyclic amines) is 1. The number of piperidine rings is 1. The fourth-order valence-electron chi connectivity index (χ4n) is 3.28. The smallest absolute Gasteiger partial charge is 0.410 e. The van der Waals surface area contributed by atoms with Gasteiger partial charge in [-0.15, -0.1) is 0 Å². The molecule has 0 aromatic carbocycles. The van der Waals surface area contributed by atoms with Crippen molar-refractivity contribution in [3.8, 4) is 0 Å². The van der Waals surface area contributed by atoms with Crippen LogP contribution in [0.25, 0.3) is 0 Å². The van der Waals surface area contributed by atoms with Crippen molar-refractivity contribution in [2.75, 3.05) is 13.1 Å². The summed E-state index contributed by atoms with van der Waals surface area (Å²) in [6.45, 7) is 9.16. The zero-order valence-corrected chi connectivity index (χ0v) is 11.9. The van der Waals surface area contributed by atoms with Gasteiger partial charge in [-0.2, -0.15) is 0 Å². The first kappa shape index (κ1) is 13.7. The molecule has 1 saturated heterocycles. The van der Waals surface area contributed by atoms with Crippen LogP contribution < -0.4 is 0 Å². The third-order valence-electron chi connectivity index (χ3n) is 4.31. The van der Waals surface area contributed by atoms with Crippen molar-refractivity contribution in [3.63, 3.8) is 0 Å². The monoisotopic (exact) mass is 255 g/mol. The van der Waals surface area contributed by atoms with Crippen molar-refractivity contribution in [2.24, 2.45) is 11.3 Å². The van der Waals surface area contributed by atoms with Gasteiger partial charge >= 0.3 is 6.09 Å². The van der Waals surface area contributed by atoms with Gasteiger partial charge in [0.05, 0.1) is 6.10 Å². The maximum atomic E-state index is 11.9. The lowest BCUT2D eigenvalue weighted by Crippen LogP contribution is -2.57. The molecule has 0 radical (unpaired) electrons. The van der Waals surface area contributed by atoms with E-state index < -0.39 is 5.60 Å². The van der Waals surface area contributed by atoms with Crippen LogP contribution in [0.5, 0.6) is 0 Å². The van der Waals surface area contributed by atoms with Gasteiger partial charge in [-0.3, -0.25) is 0 Å². The minimum atomic E-state index is -0.434. The third-order valence-corrected chi connectivity index (χ3v) is 4.31. The van der Waals surface area contributed by atoms with E-state index in [0.717, 1.165) is 19.3 Å². The van der Waals surface area contributed by atoms with E-state index in [4.69, 9.17) is 4.74 Å². The van der Waals surface area contributed by atoms with E-state index in [-0.39, 0.29) is 17.6 Å². The predicted molar refractivity (Wildman–Crippen MR) is 69.3 cm³/mol. The molecule has 0 bridgehead atoms. The highest BCUT2D eigenvalue weighted by molar-refractivity contribution is 5.68. The summed E-state index contributed by atoms with van der Waals surface area (Å²) in [5, 5.41) is 10.1. The summed E-state index contributed by atoms with van der Waals surface area (Å²) in [5.74, 6) is 0.415. The second kappa shape index (κ2) is 4.41. The molecule has 1 saturated carbocycles. The number of amides is 1. The lowest BCUT2D eigenvalue weighted by atomic mass is 9.56. The topological polar surface area (TPSA) is 49.8 Å². The Balaban J connectivity index is 1.86. The van der Waals surface area contributed by atoms with Crippen LogP contribution in [0.4, 0.5) is 4.79 Å². The second-order valence-corrected chi connectivity index (χ2v) is 6.96. The SMILES string of the molecule is CC1CC2(CCN(C(=O)OC(C)(C)C)CC2)C1O. The zero-order chi connectivity index (χ0) is 13.6. The molecule has 2 atom stereocenters. The Bertz CT molecular complexity index is 326. The van der Waals surface area contributed by atoms with E-state index in [1.54, 1.807) is 4.90 Å². The average Bonchev–Trinajstić information content (AvgIpc) is 2.27. The summed E-state index contributed by atoms with van der Waals surface area (Å²) in [7, 11) is 0. The highest BCUT2D eigenvalue weighted by atomic mass is 16.6. The maximum absolute atomic E-state index is 11.9. The lowest BCUT2D eigenvalue weighted by molar-refractivity contribution is -0.140. The number of nitrogens with zero attached hydrogens (tertiary/aromatic N) is 1. The van der Waals surface area contributed by atoms with Crippen LogP contribution in [0.2, 0.25) is 0 Å². The molecule has 1 N–H and O–H groups in total. The standard InChI is InChI=1S/C14H25NO3/c1-10-9-14(11(10)16)5-7-15(8-6-14)12(17)18-13(2,3)4/h10-11,16H,5-9H2,1-4H3. The number of rotatable bonds is 0. The Kier molecular flexibility index (Phi) is 3.34. The highest BCUT2D eigenvalue weighted by Gasteiger charge is 2.52. The van der Waals surface area contributed by atoms with Gasteiger partial charge in [0.2, 0.25) is 0 Å². The molecule has 18 heavy (non-hydrogen) atoms. The minimum Gasteiger partial charge on any atom is -0.444 e. The summed E-state index contributed by atoms with van der Waals surface area (Å²) < 4.78 is 5.37. The summed E-state index contributed by atoms with van der Waals surface area (Å²) in [5.41, 5.74) is -0.353. The van der Waals surface area contributed by atoms with Gasteiger partial charge in [-0.05, 0) is 46.0 Å². The molecule has 1 heterocycles. The number of carbonyl (C=O) groups is 1. The van der Waals surface area contributed by atoms with Gasteiger partial charge in [-0.25, -0.2) is 4.79 Å². The predicted octanol–water partition coefficient (Wildman–Crippen LogP) is 2.40. The number of hydrogen-bond acceptors (Lipinski definition) is 3. The van der Waals surface area contributed by atoms with Crippen LogP contribution in [-0.2, 0) is 4.74 Å². The highest BCUT2D eigenvalue weighted by Crippen LogP contribution is 2.52. The molecular weight excluding hydrogens is 230 g/mol. The Morgan fingerprint density at radius 2 is 1.89 bits per heavy atom. The molecule has 1 spiro atoms. The maximum Gasteiger partial charge on any atom is 0.410 e. The second-order valence-electron chi connectivity index (χ2n) is 6.96. The molecule has 2 unspecified atom stereocenters. The molecule has 1 aliphatic carbocycles. The van der Waals surface area contributed by atoms with Crippen molar-refractivity contribution >= 4 is 6.09 Å². The van der Waals surface area contributed by atoms with Crippen molar-refractivity contribution in [1.29, 1.82) is 0 Å². The fraction of sp³-hybridized carbons (Fsp3) is 0.929. The molecule has 0 aromatic rings. The van der Waals surface area contributed by atoms with Crippen LogP contribution in [0, 0.1) is 11.3 Å². The molecular formula is C14H25NO3. The largest absolute Gasteiger partial charge is 0.444 e. The first-order valence-electron chi connectivity index (χ1n) is 6.89. The van der Waals surface area contributed by atoms with Gasteiger partial charge in [0.15, 0.2) is 0 Å². The Morgan fingerprint density at radius 1 is 1.33 bits per heavy atom. The first-order chi connectivity index (χ1) is 8.23. The van der Waals surface area contributed by atoms with Crippen LogP contribution in [0.1, 0.15) is 47.0 Å². The fourth-order valence-corrected chi connectivity index (χ4v) is 3.28. The molecule has 2 rings (SSSR count). The summed E-state index contributed by atoms with van der Waals surface area (Å²) in [6, 6.07) is 0. The molecule has 104 valence electrons. The van der Waals surface area contributed by atoms with Crippen molar-refractivity contribution in [3.05, 3.63) is 0 Å². The molecule has 2 aliphatic rings. The normalized spacial score (nSPS) is 31.1. The van der Waals surface area contributed by atoms with E-state index in [1.807, 2.05) is 20.8 Å². The quantitative estimate of drug-likeness (QED) is 0.723. The van der Waals surface area contributed by atoms with E-state index in [0.29, 0.717) is 19.0 Å². The van der Waals surface area contributed by atoms with Gasteiger partial charge in [0.25, 0.3) is 0 Å². The van der Waals surface area contributed by atoms with Gasteiger partial charge < -0.3 is 14.7 Å². The summed E-state index contributed by atoms with van der Waals surface area (Å²) in [6.07, 6.45) is 2.49. The number of hydrogen-bond donors (Lipinski definition) is 1. The Labute approximate surface area is 109 Å². The number of aliphatic hydroxyl groups excluding tert-OH is 1. The van der Waals surface area contributed by atoms with Crippen LogP contribution in [-0.4, -0.2) is 40.9 Å². The van der Waals surface area contributed by atoms with E-state index in [9.17, 15) is 9.90 Å². The third kappa shape index (κ3) is 2.48. The number of carbonyl (C=O) groups excluding carboxylic acids is 1. The van der Waals surface area contributed by atoms with Crippen LogP contribution in [0.15, 0.2) is 0 Å². The molecule has 4 heteroatoms. The van der Waals surface area contributed by atoms with E-state index >= 15 is 0 Å². The average molecular weight is 255 g/mol. The first-order valence-corrected chi connectivity index (χ1v) is 6.89. The molecule has 1 amide bonds. The van der Waals surface area contributed by atoms with Crippen molar-refractivity contribution in [2.45, 2.75) is 58.7 Å². The lowest BCUT2D eigenvalue weighted by Gasteiger charge is -2.55. The summed E-state index contributed by atoms with van der Waals surface area (Å²) in [4.78, 5) is 13.7. The molecule has 4 nitrogen and oxygen atoms in total. The Hall–Kier alpha value is -0.770. The van der Waals surface area contributed by atoms with Crippen molar-refractivity contribution < 1.29 is 14.6 Å². The van der Waals surface area contributed by atoms with E-state index in [1.165, 1.54) is 0 Å². The zero-order valence-electron chi connectivity index (χ0n) is 11.9. The van der Waals surface area contributed by atoms with E-state index in [2.05, 4.69) is 6.92 Å². The molecule has 0 aromatic heterocycles. The molecule has 2 fully saturated rings. The summed E-state index contributed by atoms with van der Waals surface area (Å²) >= 11 is 0. The van der Waals surface area contributed by atoms with Gasteiger partial charge in [-0.1, -0.05) is 6.92 Å². The van der Waals surface area contributed by atoms with Gasteiger partial charge in [0.1, 0.15) is 5.60 Å². The van der Waals surface area contributed by atoms with Crippen LogP contribution >= 0.6 is 0 Å². The van der Waals surface area contributed by atoms with Crippen molar-refractivity contribution in [1.82, 2.24) is 4.90 Å². The van der Waals surface area contributed by atoms with Gasteiger partial charge in [0, 0.05) is 18.5 Å².